The highest BCUT2D eigenvalue weighted by molar-refractivity contribution is 5.83. The fourth-order valence-corrected chi connectivity index (χ4v) is 3.37. The summed E-state index contributed by atoms with van der Waals surface area (Å²) in [6, 6.07) is 9.69. The fourth-order valence-electron chi connectivity index (χ4n) is 3.37. The molecule has 1 aliphatic heterocycles. The molecule has 6 nitrogen and oxygen atoms in total. The minimum atomic E-state index is -1.01. The summed E-state index contributed by atoms with van der Waals surface area (Å²) in [5, 5.41) is 0. The van der Waals surface area contributed by atoms with E-state index in [0.717, 1.165) is 11.1 Å². The summed E-state index contributed by atoms with van der Waals surface area (Å²) in [6.07, 6.45) is 2.09. The first-order valence-electron chi connectivity index (χ1n) is 9.04. The van der Waals surface area contributed by atoms with Gasteiger partial charge in [0.25, 0.3) is 0 Å². The molecular formula is C21H29NO5. The van der Waals surface area contributed by atoms with E-state index in [2.05, 4.69) is 0 Å². The number of hydrogen-bond donors (Lipinski definition) is 0. The number of hydrogen-bond acceptors (Lipinski definition) is 5. The number of nitrogens with zero attached hydrogens (tertiary/aromatic N) is 1. The molecule has 1 unspecified atom stereocenters. The molecule has 148 valence electrons. The largest absolute Gasteiger partial charge is 0.504 e. The van der Waals surface area contributed by atoms with Gasteiger partial charge in [-0.05, 0) is 44.7 Å². The molecule has 1 heterocycles. The van der Waals surface area contributed by atoms with E-state index in [1.54, 1.807) is 18.3 Å². The van der Waals surface area contributed by atoms with Crippen LogP contribution in [0.5, 0.6) is 0 Å². The van der Waals surface area contributed by atoms with Crippen molar-refractivity contribution in [1.29, 1.82) is 0 Å². The zero-order chi connectivity index (χ0) is 20.1. The van der Waals surface area contributed by atoms with Gasteiger partial charge in [-0.15, -0.1) is 0 Å². The predicted octanol–water partition coefficient (Wildman–Crippen LogP) is 3.56. The highest BCUT2D eigenvalue weighted by Gasteiger charge is 2.49. The summed E-state index contributed by atoms with van der Waals surface area (Å²) in [4.78, 5) is 27.1. The minimum absolute atomic E-state index is 0.179. The summed E-state index contributed by atoms with van der Waals surface area (Å²) in [6.45, 7) is 6.10. The van der Waals surface area contributed by atoms with Crippen molar-refractivity contribution in [3.8, 4) is 0 Å². The van der Waals surface area contributed by atoms with E-state index in [1.165, 1.54) is 7.11 Å². The van der Waals surface area contributed by atoms with Crippen molar-refractivity contribution < 1.29 is 23.8 Å². The average Bonchev–Trinajstić information content (AvgIpc) is 2.62. The molecule has 2 rings (SSSR count). The van der Waals surface area contributed by atoms with Gasteiger partial charge in [-0.2, -0.15) is 0 Å². The Morgan fingerprint density at radius 3 is 2.41 bits per heavy atom. The SMILES string of the molecule is COC=C1CCN(C(=O)OC(C)(C)C)CC1(Cc1ccccc1)C(=O)OC. The fraction of sp³-hybridized carbons (Fsp3) is 0.524. The Morgan fingerprint density at radius 1 is 1.19 bits per heavy atom. The van der Waals surface area contributed by atoms with Crippen LogP contribution < -0.4 is 0 Å². The molecule has 0 spiro atoms. The second kappa shape index (κ2) is 8.46. The Balaban J connectivity index is 2.41. The van der Waals surface area contributed by atoms with E-state index in [1.807, 2.05) is 51.1 Å². The van der Waals surface area contributed by atoms with Gasteiger partial charge in [-0.25, -0.2) is 4.79 Å². The van der Waals surface area contributed by atoms with Gasteiger partial charge < -0.3 is 19.1 Å². The van der Waals surface area contributed by atoms with Crippen LogP contribution in [0.2, 0.25) is 0 Å². The van der Waals surface area contributed by atoms with Gasteiger partial charge in [0.1, 0.15) is 11.0 Å². The van der Waals surface area contributed by atoms with Gasteiger partial charge in [0.15, 0.2) is 0 Å². The molecule has 1 aliphatic rings. The molecule has 0 radical (unpaired) electrons. The molecule has 6 heteroatoms. The van der Waals surface area contributed by atoms with Gasteiger partial charge in [0, 0.05) is 13.1 Å². The Kier molecular flexibility index (Phi) is 6.52. The van der Waals surface area contributed by atoms with E-state index < -0.39 is 17.1 Å². The molecule has 1 fully saturated rings. The lowest BCUT2D eigenvalue weighted by Crippen LogP contribution is -2.53. The van der Waals surface area contributed by atoms with Gasteiger partial charge in [-0.3, -0.25) is 4.79 Å². The lowest BCUT2D eigenvalue weighted by Gasteiger charge is -2.42. The summed E-state index contributed by atoms with van der Waals surface area (Å²) in [5.74, 6) is -0.386. The summed E-state index contributed by atoms with van der Waals surface area (Å²) < 4.78 is 15.9. The number of rotatable bonds is 4. The number of methoxy groups -OCH3 is 2. The molecule has 0 bridgehead atoms. The number of benzene rings is 1. The first kappa shape index (κ1) is 20.8. The van der Waals surface area contributed by atoms with Crippen LogP contribution in [0.4, 0.5) is 4.79 Å². The van der Waals surface area contributed by atoms with Gasteiger partial charge >= 0.3 is 12.1 Å². The second-order valence-corrected chi connectivity index (χ2v) is 7.77. The lowest BCUT2D eigenvalue weighted by atomic mass is 9.71. The summed E-state index contributed by atoms with van der Waals surface area (Å²) in [5.41, 5.74) is 0.186. The summed E-state index contributed by atoms with van der Waals surface area (Å²) >= 11 is 0. The third-order valence-electron chi connectivity index (χ3n) is 4.56. The van der Waals surface area contributed by atoms with Crippen molar-refractivity contribution >= 4 is 12.1 Å². The van der Waals surface area contributed by atoms with E-state index >= 15 is 0 Å². The van der Waals surface area contributed by atoms with Crippen molar-refractivity contribution in [2.75, 3.05) is 27.3 Å². The number of esters is 1. The van der Waals surface area contributed by atoms with Crippen LogP contribution in [-0.2, 0) is 25.4 Å². The maximum Gasteiger partial charge on any atom is 0.410 e. The molecule has 1 aromatic carbocycles. The Hall–Kier alpha value is -2.50. The highest BCUT2D eigenvalue weighted by atomic mass is 16.6. The number of amides is 1. The van der Waals surface area contributed by atoms with Crippen LogP contribution in [0.15, 0.2) is 42.2 Å². The molecule has 0 saturated carbocycles. The van der Waals surface area contributed by atoms with Crippen molar-refractivity contribution in [3.63, 3.8) is 0 Å². The van der Waals surface area contributed by atoms with E-state index in [9.17, 15) is 9.59 Å². The third kappa shape index (κ3) is 5.02. The lowest BCUT2D eigenvalue weighted by molar-refractivity contribution is -0.152. The third-order valence-corrected chi connectivity index (χ3v) is 4.56. The predicted molar refractivity (Wildman–Crippen MR) is 102 cm³/mol. The molecule has 1 aromatic rings. The van der Waals surface area contributed by atoms with Crippen LogP contribution in [0.3, 0.4) is 0 Å². The molecule has 1 atom stereocenters. The van der Waals surface area contributed by atoms with Crippen LogP contribution in [-0.4, -0.2) is 49.9 Å². The first-order valence-corrected chi connectivity index (χ1v) is 9.04. The molecule has 0 N–H and O–H groups in total. The molecular weight excluding hydrogens is 346 g/mol. The zero-order valence-corrected chi connectivity index (χ0v) is 16.8. The maximum absolute atomic E-state index is 12.9. The standard InChI is InChI=1S/C21H29NO5/c1-20(2,3)27-19(24)22-12-11-17(14-25-4)21(15-22,18(23)26-5)13-16-9-7-6-8-10-16/h6-10,14H,11-13,15H2,1-5H3. The van der Waals surface area contributed by atoms with Crippen LogP contribution in [0.1, 0.15) is 32.8 Å². The first-order chi connectivity index (χ1) is 12.7. The van der Waals surface area contributed by atoms with Crippen molar-refractivity contribution in [1.82, 2.24) is 4.90 Å². The molecule has 1 amide bonds. The highest BCUT2D eigenvalue weighted by Crippen LogP contribution is 2.40. The molecule has 0 aliphatic carbocycles. The molecule has 27 heavy (non-hydrogen) atoms. The molecule has 0 aromatic heterocycles. The average molecular weight is 375 g/mol. The number of ether oxygens (including phenoxy) is 3. The number of piperidine rings is 1. The topological polar surface area (TPSA) is 65.1 Å². The van der Waals surface area contributed by atoms with Crippen LogP contribution >= 0.6 is 0 Å². The maximum atomic E-state index is 12.9. The van der Waals surface area contributed by atoms with Crippen LogP contribution in [0.25, 0.3) is 0 Å². The van der Waals surface area contributed by atoms with Gasteiger partial charge in [0.2, 0.25) is 0 Å². The van der Waals surface area contributed by atoms with E-state index in [0.29, 0.717) is 19.4 Å². The molecule has 1 saturated heterocycles. The monoisotopic (exact) mass is 375 g/mol. The quantitative estimate of drug-likeness (QED) is 0.595. The Labute approximate surface area is 161 Å². The second-order valence-electron chi connectivity index (χ2n) is 7.77. The Bertz CT molecular complexity index is 692. The minimum Gasteiger partial charge on any atom is -0.504 e. The zero-order valence-electron chi connectivity index (χ0n) is 16.8. The number of likely N-dealkylation sites (tertiary alicyclic amines) is 1. The van der Waals surface area contributed by atoms with Gasteiger partial charge in [-0.1, -0.05) is 30.3 Å². The van der Waals surface area contributed by atoms with Crippen molar-refractivity contribution in [3.05, 3.63) is 47.7 Å². The van der Waals surface area contributed by atoms with E-state index in [-0.39, 0.29) is 12.5 Å². The van der Waals surface area contributed by atoms with E-state index in [4.69, 9.17) is 14.2 Å². The van der Waals surface area contributed by atoms with Crippen molar-refractivity contribution in [2.45, 2.75) is 39.2 Å². The van der Waals surface area contributed by atoms with Crippen molar-refractivity contribution in [2.24, 2.45) is 5.41 Å². The normalized spacial score (nSPS) is 21.7. The Morgan fingerprint density at radius 2 is 1.85 bits per heavy atom. The summed E-state index contributed by atoms with van der Waals surface area (Å²) in [7, 11) is 2.92. The van der Waals surface area contributed by atoms with Gasteiger partial charge in [0.05, 0.1) is 20.5 Å². The smallest absolute Gasteiger partial charge is 0.410 e. The van der Waals surface area contributed by atoms with Crippen LogP contribution in [0, 0.1) is 5.41 Å². The number of carbonyl (C=O) groups is 2. The number of carbonyl (C=O) groups excluding carboxylic acids is 2.